The van der Waals surface area contributed by atoms with E-state index in [1.165, 1.54) is 0 Å². The van der Waals surface area contributed by atoms with E-state index < -0.39 is 9.70 Å². The Kier molecular flexibility index (Phi) is 6.10. The van der Waals surface area contributed by atoms with E-state index in [0.717, 1.165) is 12.8 Å². The number of alkyl halides is 3. The number of halogens is 3. The Labute approximate surface area is 94.1 Å². The molecule has 0 saturated heterocycles. The van der Waals surface area contributed by atoms with Gasteiger partial charge in [-0.1, -0.05) is 48.1 Å². The summed E-state index contributed by atoms with van der Waals surface area (Å²) in [6, 6.07) is 0. The quantitative estimate of drug-likeness (QED) is 0.698. The van der Waals surface area contributed by atoms with Gasteiger partial charge in [-0.15, -0.1) is 0 Å². The van der Waals surface area contributed by atoms with Gasteiger partial charge in [0.1, 0.15) is 0 Å². The maximum atomic E-state index is 11.4. The van der Waals surface area contributed by atoms with Crippen molar-refractivity contribution in [2.45, 2.75) is 30.5 Å². The summed E-state index contributed by atoms with van der Waals surface area (Å²) in [4.78, 5) is 13.0. The van der Waals surface area contributed by atoms with E-state index in [-0.39, 0.29) is 0 Å². The van der Waals surface area contributed by atoms with Crippen LogP contribution in [-0.2, 0) is 4.79 Å². The molecule has 0 radical (unpaired) electrons. The molecule has 0 aromatic carbocycles. The summed E-state index contributed by atoms with van der Waals surface area (Å²) in [6.07, 6.45) is 1.95. The minimum atomic E-state index is -1.82. The van der Waals surface area contributed by atoms with Crippen LogP contribution in [0.15, 0.2) is 0 Å². The molecule has 0 unspecified atom stereocenters. The average molecular weight is 247 g/mol. The maximum absolute atomic E-state index is 11.4. The molecule has 0 fully saturated rings. The zero-order chi connectivity index (χ0) is 10.5. The van der Waals surface area contributed by atoms with Crippen LogP contribution in [0.4, 0.5) is 0 Å². The third kappa shape index (κ3) is 4.94. The second kappa shape index (κ2) is 5.94. The smallest absolute Gasteiger partial charge is 0.274 e. The third-order valence-electron chi connectivity index (χ3n) is 1.69. The first-order valence-electron chi connectivity index (χ1n) is 4.29. The van der Waals surface area contributed by atoms with Gasteiger partial charge in [-0.25, -0.2) is 0 Å². The lowest BCUT2D eigenvalue weighted by Gasteiger charge is -2.24. The van der Waals surface area contributed by atoms with Gasteiger partial charge in [0.25, 0.3) is 9.70 Å². The van der Waals surface area contributed by atoms with Gasteiger partial charge >= 0.3 is 0 Å². The van der Waals surface area contributed by atoms with Crippen molar-refractivity contribution in [3.8, 4) is 0 Å². The zero-order valence-corrected chi connectivity index (χ0v) is 10.1. The number of hydrogen-bond donors (Lipinski definition) is 0. The van der Waals surface area contributed by atoms with E-state index in [4.69, 9.17) is 34.8 Å². The Morgan fingerprint density at radius 2 is 1.85 bits per heavy atom. The SMILES string of the molecule is CCCCN(CC)C(=O)C(Cl)(Cl)Cl. The molecule has 1 amide bonds. The Hall–Kier alpha value is 0.340. The average Bonchev–Trinajstić information content (AvgIpc) is 2.04. The van der Waals surface area contributed by atoms with Crippen LogP contribution in [0.25, 0.3) is 0 Å². The Balaban J connectivity index is 4.16. The van der Waals surface area contributed by atoms with Gasteiger partial charge < -0.3 is 4.90 Å². The highest BCUT2D eigenvalue weighted by Crippen LogP contribution is 2.28. The fourth-order valence-corrected chi connectivity index (χ4v) is 1.29. The fourth-order valence-electron chi connectivity index (χ4n) is 0.932. The molecule has 0 N–H and O–H groups in total. The van der Waals surface area contributed by atoms with Crippen LogP contribution in [0.2, 0.25) is 0 Å². The molecule has 0 aromatic heterocycles. The second-order valence-corrected chi connectivity index (χ2v) is 5.02. The van der Waals surface area contributed by atoms with Gasteiger partial charge in [-0.05, 0) is 13.3 Å². The molecule has 0 heterocycles. The molecule has 0 aliphatic carbocycles. The van der Waals surface area contributed by atoms with Crippen LogP contribution in [-0.4, -0.2) is 27.7 Å². The van der Waals surface area contributed by atoms with Gasteiger partial charge in [-0.3, -0.25) is 4.79 Å². The molecular weight excluding hydrogens is 232 g/mol. The lowest BCUT2D eigenvalue weighted by molar-refractivity contribution is -0.130. The standard InChI is InChI=1S/C8H14Cl3NO/c1-3-5-6-12(4-2)7(13)8(9,10)11/h3-6H2,1-2H3. The number of hydrogen-bond acceptors (Lipinski definition) is 1. The van der Waals surface area contributed by atoms with Crippen LogP contribution in [0.5, 0.6) is 0 Å². The van der Waals surface area contributed by atoms with Crippen molar-refractivity contribution in [2.75, 3.05) is 13.1 Å². The van der Waals surface area contributed by atoms with Crippen molar-refractivity contribution >= 4 is 40.7 Å². The van der Waals surface area contributed by atoms with Crippen molar-refractivity contribution in [1.29, 1.82) is 0 Å². The molecule has 0 rings (SSSR count). The van der Waals surface area contributed by atoms with E-state index in [2.05, 4.69) is 0 Å². The highest BCUT2D eigenvalue weighted by Gasteiger charge is 2.34. The summed E-state index contributed by atoms with van der Waals surface area (Å²) in [5.41, 5.74) is 0. The van der Waals surface area contributed by atoms with Crippen LogP contribution in [0.3, 0.4) is 0 Å². The number of amides is 1. The van der Waals surface area contributed by atoms with Crippen molar-refractivity contribution in [3.63, 3.8) is 0 Å². The molecule has 0 spiro atoms. The van der Waals surface area contributed by atoms with Crippen molar-refractivity contribution < 1.29 is 4.79 Å². The minimum Gasteiger partial charge on any atom is -0.339 e. The third-order valence-corrected chi connectivity index (χ3v) is 2.18. The molecule has 0 saturated carbocycles. The number of carbonyl (C=O) groups excluding carboxylic acids is 1. The first-order chi connectivity index (χ1) is 5.93. The summed E-state index contributed by atoms with van der Waals surface area (Å²) in [6.45, 7) is 5.14. The normalized spacial score (nSPS) is 11.5. The predicted octanol–water partition coefficient (Wildman–Crippen LogP) is 3.01. The molecular formula is C8H14Cl3NO. The van der Waals surface area contributed by atoms with E-state index >= 15 is 0 Å². The van der Waals surface area contributed by atoms with Crippen molar-refractivity contribution in [2.24, 2.45) is 0 Å². The largest absolute Gasteiger partial charge is 0.339 e. The molecule has 78 valence electrons. The van der Waals surface area contributed by atoms with Crippen molar-refractivity contribution in [3.05, 3.63) is 0 Å². The topological polar surface area (TPSA) is 20.3 Å². The highest BCUT2D eigenvalue weighted by atomic mass is 35.6. The molecule has 5 heteroatoms. The summed E-state index contributed by atoms with van der Waals surface area (Å²) in [5.74, 6) is -0.437. The minimum absolute atomic E-state index is 0.437. The summed E-state index contributed by atoms with van der Waals surface area (Å²) in [5, 5.41) is 0. The molecule has 2 nitrogen and oxygen atoms in total. The predicted molar refractivity (Wildman–Crippen MR) is 57.5 cm³/mol. The first kappa shape index (κ1) is 13.3. The summed E-state index contributed by atoms with van der Waals surface area (Å²) in [7, 11) is 0. The van der Waals surface area contributed by atoms with E-state index in [1.807, 2.05) is 13.8 Å². The highest BCUT2D eigenvalue weighted by molar-refractivity contribution is 6.76. The van der Waals surface area contributed by atoms with E-state index in [0.29, 0.717) is 13.1 Å². The van der Waals surface area contributed by atoms with Gasteiger partial charge in [-0.2, -0.15) is 0 Å². The second-order valence-electron chi connectivity index (χ2n) is 2.74. The van der Waals surface area contributed by atoms with E-state index in [1.54, 1.807) is 4.90 Å². The summed E-state index contributed by atoms with van der Waals surface area (Å²) >= 11 is 16.4. The lowest BCUT2D eigenvalue weighted by atomic mass is 10.3. The Bertz CT molecular complexity index is 167. The number of rotatable bonds is 4. The van der Waals surface area contributed by atoms with Crippen molar-refractivity contribution in [1.82, 2.24) is 4.90 Å². The van der Waals surface area contributed by atoms with Gasteiger partial charge in [0.2, 0.25) is 0 Å². The number of carbonyl (C=O) groups is 1. The number of nitrogens with zero attached hydrogens (tertiary/aromatic N) is 1. The van der Waals surface area contributed by atoms with Gasteiger partial charge in [0, 0.05) is 13.1 Å². The Morgan fingerprint density at radius 3 is 2.15 bits per heavy atom. The summed E-state index contributed by atoms with van der Waals surface area (Å²) < 4.78 is -1.82. The first-order valence-corrected chi connectivity index (χ1v) is 5.43. The molecule has 0 bridgehead atoms. The molecule has 0 aromatic rings. The fraction of sp³-hybridized carbons (Fsp3) is 0.875. The van der Waals surface area contributed by atoms with Crippen LogP contribution < -0.4 is 0 Å². The monoisotopic (exact) mass is 245 g/mol. The molecule has 13 heavy (non-hydrogen) atoms. The molecule has 0 aliphatic heterocycles. The molecule has 0 atom stereocenters. The number of unbranched alkanes of at least 4 members (excludes halogenated alkanes) is 1. The van der Waals surface area contributed by atoms with Crippen LogP contribution >= 0.6 is 34.8 Å². The maximum Gasteiger partial charge on any atom is 0.274 e. The van der Waals surface area contributed by atoms with Crippen LogP contribution in [0.1, 0.15) is 26.7 Å². The molecule has 0 aliphatic rings. The zero-order valence-electron chi connectivity index (χ0n) is 7.82. The van der Waals surface area contributed by atoms with Gasteiger partial charge in [0.05, 0.1) is 0 Å². The Morgan fingerprint density at radius 1 is 1.31 bits per heavy atom. The van der Waals surface area contributed by atoms with Gasteiger partial charge in [0.15, 0.2) is 0 Å². The van der Waals surface area contributed by atoms with Crippen LogP contribution in [0, 0.1) is 0 Å². The van der Waals surface area contributed by atoms with E-state index in [9.17, 15) is 4.79 Å². The lowest BCUT2D eigenvalue weighted by Crippen LogP contribution is -2.39.